The molecule has 0 unspecified atom stereocenters. The molecule has 10 nitrogen and oxygen atoms in total. The Bertz CT molecular complexity index is 1100. The summed E-state index contributed by atoms with van der Waals surface area (Å²) in [5, 5.41) is 6.85. The van der Waals surface area contributed by atoms with Crippen molar-refractivity contribution in [2.45, 2.75) is 17.9 Å². The van der Waals surface area contributed by atoms with Crippen LogP contribution in [0.25, 0.3) is 0 Å². The van der Waals surface area contributed by atoms with Gasteiger partial charge in [-0.1, -0.05) is 0 Å². The second-order valence-electron chi connectivity index (χ2n) is 5.94. The number of rotatable bonds is 5. The van der Waals surface area contributed by atoms with Gasteiger partial charge < -0.3 is 10.1 Å². The van der Waals surface area contributed by atoms with Gasteiger partial charge in [-0.15, -0.1) is 0 Å². The molecule has 0 aliphatic carbocycles. The van der Waals surface area contributed by atoms with E-state index in [0.29, 0.717) is 30.3 Å². The first kappa shape index (κ1) is 17.9. The van der Waals surface area contributed by atoms with Crippen molar-refractivity contribution in [1.29, 1.82) is 0 Å². The van der Waals surface area contributed by atoms with Crippen molar-refractivity contribution in [3.05, 3.63) is 54.5 Å². The van der Waals surface area contributed by atoms with Crippen LogP contribution in [0.5, 0.6) is 5.88 Å². The highest BCUT2D eigenvalue weighted by molar-refractivity contribution is 7.92. The van der Waals surface area contributed by atoms with Crippen LogP contribution in [0, 0.1) is 0 Å². The molecule has 3 heterocycles. The zero-order valence-electron chi connectivity index (χ0n) is 14.6. The van der Waals surface area contributed by atoms with Crippen LogP contribution in [0.2, 0.25) is 0 Å². The smallest absolute Gasteiger partial charge is 0.264 e. The lowest BCUT2D eigenvalue weighted by Crippen LogP contribution is -2.18. The van der Waals surface area contributed by atoms with Crippen molar-refractivity contribution < 1.29 is 17.9 Å². The molecule has 0 spiro atoms. The number of benzene rings is 1. The summed E-state index contributed by atoms with van der Waals surface area (Å²) in [6.07, 6.45) is 5.16. The maximum atomic E-state index is 12.5. The molecule has 144 valence electrons. The fourth-order valence-electron chi connectivity index (χ4n) is 2.67. The van der Waals surface area contributed by atoms with Gasteiger partial charge in [0.2, 0.25) is 11.8 Å². The number of amides is 1. The number of sulfonamides is 1. The maximum Gasteiger partial charge on any atom is 0.264 e. The summed E-state index contributed by atoms with van der Waals surface area (Å²) in [6.45, 7) is 1.24. The molecular formula is C17H16N6O4S. The predicted octanol–water partition coefficient (Wildman–Crippen LogP) is 1.51. The summed E-state index contributed by atoms with van der Waals surface area (Å²) < 4.78 is 34.2. The van der Waals surface area contributed by atoms with Crippen molar-refractivity contribution in [2.75, 3.05) is 16.6 Å². The molecule has 0 atom stereocenters. The Labute approximate surface area is 160 Å². The van der Waals surface area contributed by atoms with Crippen LogP contribution in [0.1, 0.15) is 16.8 Å². The third-order valence-corrected chi connectivity index (χ3v) is 5.35. The monoisotopic (exact) mass is 400 g/mol. The molecule has 0 saturated carbocycles. The van der Waals surface area contributed by atoms with E-state index in [0.717, 1.165) is 6.42 Å². The highest BCUT2D eigenvalue weighted by atomic mass is 32.2. The van der Waals surface area contributed by atoms with Crippen molar-refractivity contribution >= 4 is 27.6 Å². The lowest BCUT2D eigenvalue weighted by atomic mass is 10.2. The van der Waals surface area contributed by atoms with Crippen LogP contribution >= 0.6 is 0 Å². The van der Waals surface area contributed by atoms with Gasteiger partial charge in [0.05, 0.1) is 17.7 Å². The molecule has 1 amide bonds. The first-order valence-electron chi connectivity index (χ1n) is 8.43. The first-order valence-corrected chi connectivity index (χ1v) is 9.91. The lowest BCUT2D eigenvalue weighted by molar-refractivity contribution is 0.102. The zero-order valence-corrected chi connectivity index (χ0v) is 15.4. The summed E-state index contributed by atoms with van der Waals surface area (Å²) in [5.41, 5.74) is 0.773. The number of aromatic nitrogens is 4. The Morgan fingerprint density at radius 1 is 1.14 bits per heavy atom. The Morgan fingerprint density at radius 2 is 1.89 bits per heavy atom. The summed E-state index contributed by atoms with van der Waals surface area (Å²) in [5.74, 6) is 0.0374. The number of carbonyl (C=O) groups excluding carboxylic acids is 1. The van der Waals surface area contributed by atoms with Gasteiger partial charge in [-0.05, 0) is 30.3 Å². The van der Waals surface area contributed by atoms with E-state index in [2.05, 4.69) is 25.1 Å². The topological polar surface area (TPSA) is 128 Å². The fraction of sp³-hybridized carbons (Fsp3) is 0.176. The van der Waals surface area contributed by atoms with Crippen molar-refractivity contribution in [3.8, 4) is 5.88 Å². The van der Waals surface area contributed by atoms with Crippen molar-refractivity contribution in [1.82, 2.24) is 19.7 Å². The van der Waals surface area contributed by atoms with Crippen LogP contribution in [0.15, 0.2) is 53.8 Å². The molecule has 11 heteroatoms. The molecule has 28 heavy (non-hydrogen) atoms. The van der Waals surface area contributed by atoms with E-state index in [-0.39, 0.29) is 16.8 Å². The van der Waals surface area contributed by atoms with Gasteiger partial charge in [0.25, 0.3) is 15.9 Å². The second-order valence-corrected chi connectivity index (χ2v) is 7.63. The number of hydrogen-bond donors (Lipinski definition) is 2. The number of anilines is 2. The summed E-state index contributed by atoms with van der Waals surface area (Å²) >= 11 is 0. The van der Waals surface area contributed by atoms with Crippen LogP contribution in [0.4, 0.5) is 11.6 Å². The normalized spacial score (nSPS) is 13.3. The molecule has 1 aromatic carbocycles. The summed E-state index contributed by atoms with van der Waals surface area (Å²) in [6, 6.07) is 7.33. The molecule has 1 aliphatic rings. The highest BCUT2D eigenvalue weighted by Crippen LogP contribution is 2.24. The van der Waals surface area contributed by atoms with E-state index >= 15 is 0 Å². The average Bonchev–Trinajstić information content (AvgIpc) is 3.13. The second kappa shape index (κ2) is 7.27. The minimum Gasteiger partial charge on any atom is -0.477 e. The van der Waals surface area contributed by atoms with E-state index < -0.39 is 10.0 Å². The molecule has 1 aliphatic heterocycles. The van der Waals surface area contributed by atoms with Gasteiger partial charge in [0, 0.05) is 31.0 Å². The van der Waals surface area contributed by atoms with E-state index in [1.54, 1.807) is 10.7 Å². The van der Waals surface area contributed by atoms with E-state index in [1.807, 2.05) is 0 Å². The minimum absolute atomic E-state index is 0.0178. The molecule has 2 N–H and O–H groups in total. The SMILES string of the molecule is O=C(Nc1ccc(S(=O)(=O)Nc2ncccn2)cc1)c1cnn2c1OCCC2. The van der Waals surface area contributed by atoms with Crippen LogP contribution in [-0.4, -0.2) is 40.7 Å². The van der Waals surface area contributed by atoms with Gasteiger partial charge >= 0.3 is 0 Å². The number of hydrogen-bond acceptors (Lipinski definition) is 7. The largest absolute Gasteiger partial charge is 0.477 e. The highest BCUT2D eigenvalue weighted by Gasteiger charge is 2.22. The minimum atomic E-state index is -3.83. The fourth-order valence-corrected chi connectivity index (χ4v) is 3.63. The quantitative estimate of drug-likeness (QED) is 0.664. The Morgan fingerprint density at radius 3 is 2.64 bits per heavy atom. The molecule has 0 bridgehead atoms. The van der Waals surface area contributed by atoms with Crippen LogP contribution in [-0.2, 0) is 16.6 Å². The molecule has 0 saturated heterocycles. The first-order chi connectivity index (χ1) is 13.5. The molecule has 3 aromatic rings. The van der Waals surface area contributed by atoms with Gasteiger partial charge in [0.1, 0.15) is 5.56 Å². The Balaban J connectivity index is 1.47. The predicted molar refractivity (Wildman–Crippen MR) is 99.6 cm³/mol. The average molecular weight is 400 g/mol. The molecule has 0 fully saturated rings. The molecule has 0 radical (unpaired) electrons. The number of fused-ring (bicyclic) bond motifs is 1. The number of nitrogens with zero attached hydrogens (tertiary/aromatic N) is 4. The van der Waals surface area contributed by atoms with E-state index in [9.17, 15) is 13.2 Å². The van der Waals surface area contributed by atoms with Gasteiger partial charge in [-0.3, -0.25) is 4.79 Å². The van der Waals surface area contributed by atoms with E-state index in [1.165, 1.54) is 42.9 Å². The molecule has 4 rings (SSSR count). The Kier molecular flexibility index (Phi) is 4.65. The van der Waals surface area contributed by atoms with Crippen molar-refractivity contribution in [3.63, 3.8) is 0 Å². The third-order valence-electron chi connectivity index (χ3n) is 4.00. The number of carbonyl (C=O) groups is 1. The number of aryl methyl sites for hydroxylation is 1. The zero-order chi connectivity index (χ0) is 19.6. The van der Waals surface area contributed by atoms with Crippen molar-refractivity contribution in [2.24, 2.45) is 0 Å². The van der Waals surface area contributed by atoms with Gasteiger partial charge in [0.15, 0.2) is 0 Å². The van der Waals surface area contributed by atoms with Crippen LogP contribution in [0.3, 0.4) is 0 Å². The Hall–Kier alpha value is -3.47. The van der Waals surface area contributed by atoms with Gasteiger partial charge in [-0.2, -0.15) is 5.10 Å². The summed E-state index contributed by atoms with van der Waals surface area (Å²) in [4.78, 5) is 20.2. The lowest BCUT2D eigenvalue weighted by Gasteiger charge is -2.15. The van der Waals surface area contributed by atoms with Gasteiger partial charge in [-0.25, -0.2) is 27.8 Å². The third kappa shape index (κ3) is 3.64. The number of ether oxygens (including phenoxy) is 1. The van der Waals surface area contributed by atoms with E-state index in [4.69, 9.17) is 4.74 Å². The van der Waals surface area contributed by atoms with Crippen LogP contribution < -0.4 is 14.8 Å². The maximum absolute atomic E-state index is 12.5. The number of nitrogens with one attached hydrogen (secondary N) is 2. The molecule has 2 aromatic heterocycles. The molecular weight excluding hydrogens is 384 g/mol. The summed E-state index contributed by atoms with van der Waals surface area (Å²) in [7, 11) is -3.83. The standard InChI is InChI=1S/C17H16N6O4S/c24-15(14-11-20-23-9-2-10-27-16(14)23)21-12-3-5-13(6-4-12)28(25,26)22-17-18-7-1-8-19-17/h1,3-8,11H,2,9-10H2,(H,21,24)(H,18,19,22).